The fourth-order valence-electron chi connectivity index (χ4n) is 1.64. The predicted molar refractivity (Wildman–Crippen MR) is 72.0 cm³/mol. The molecule has 0 amide bonds. The fourth-order valence-corrected chi connectivity index (χ4v) is 1.99. The molecule has 0 unspecified atom stereocenters. The van der Waals surface area contributed by atoms with Crippen LogP contribution < -0.4 is 0 Å². The number of nitro groups is 1. The first-order chi connectivity index (χ1) is 8.58. The molecule has 1 rings (SSSR count). The van der Waals surface area contributed by atoms with E-state index >= 15 is 0 Å². The van der Waals surface area contributed by atoms with Crippen LogP contribution >= 0.6 is 15.9 Å². The zero-order valence-corrected chi connectivity index (χ0v) is 11.7. The second-order valence-electron chi connectivity index (χ2n) is 3.81. The van der Waals surface area contributed by atoms with Crippen LogP contribution in [0.25, 0.3) is 0 Å². The van der Waals surface area contributed by atoms with E-state index in [-0.39, 0.29) is 10.6 Å². The zero-order valence-electron chi connectivity index (χ0n) is 10.1. The average Bonchev–Trinajstić information content (AvgIpc) is 2.35. The van der Waals surface area contributed by atoms with Gasteiger partial charge in [-0.2, -0.15) is 5.26 Å². The van der Waals surface area contributed by atoms with Crippen LogP contribution in [-0.4, -0.2) is 22.9 Å². The topological polar surface area (TPSA) is 70.2 Å². The highest BCUT2D eigenvalue weighted by atomic mass is 79.9. The Hall–Kier alpha value is -1.45. The first kappa shape index (κ1) is 14.6. The van der Waals surface area contributed by atoms with E-state index in [2.05, 4.69) is 22.0 Å². The van der Waals surface area contributed by atoms with Gasteiger partial charge in [-0.1, -0.05) is 22.9 Å². The minimum atomic E-state index is -0.377. The van der Waals surface area contributed by atoms with Gasteiger partial charge >= 0.3 is 0 Å². The summed E-state index contributed by atoms with van der Waals surface area (Å²) in [4.78, 5) is 12.6. The molecule has 5 nitrogen and oxygen atoms in total. The molecule has 6 heteroatoms. The largest absolute Gasteiger partial charge is 0.298 e. The molecule has 0 saturated heterocycles. The lowest BCUT2D eigenvalue weighted by Gasteiger charge is -2.18. The van der Waals surface area contributed by atoms with Crippen molar-refractivity contribution in [1.82, 2.24) is 4.90 Å². The number of hydrogen-bond acceptors (Lipinski definition) is 4. The molecule has 0 spiro atoms. The summed E-state index contributed by atoms with van der Waals surface area (Å²) in [6, 6.07) is 7.13. The van der Waals surface area contributed by atoms with Crippen molar-refractivity contribution < 1.29 is 4.92 Å². The maximum atomic E-state index is 11.0. The summed E-state index contributed by atoms with van der Waals surface area (Å²) in [5.74, 6) is 0. The summed E-state index contributed by atoms with van der Waals surface area (Å²) in [5, 5.41) is 19.5. The molecule has 0 aliphatic heterocycles. The molecule has 0 atom stereocenters. The molecule has 96 valence electrons. The second kappa shape index (κ2) is 7.09. The summed E-state index contributed by atoms with van der Waals surface area (Å²) in [5.41, 5.74) is 0.780. The Bertz CT molecular complexity index is 471. The van der Waals surface area contributed by atoms with Crippen molar-refractivity contribution in [3.05, 3.63) is 38.3 Å². The van der Waals surface area contributed by atoms with Crippen molar-refractivity contribution in [2.45, 2.75) is 19.9 Å². The van der Waals surface area contributed by atoms with Gasteiger partial charge in [0.25, 0.3) is 5.69 Å². The number of nitrogens with zero attached hydrogens (tertiary/aromatic N) is 3. The molecule has 0 heterocycles. The lowest BCUT2D eigenvalue weighted by atomic mass is 10.1. The number of nitro benzene ring substituents is 1. The Morgan fingerprint density at radius 3 is 2.83 bits per heavy atom. The first-order valence-corrected chi connectivity index (χ1v) is 6.40. The highest BCUT2D eigenvalue weighted by molar-refractivity contribution is 9.10. The van der Waals surface area contributed by atoms with Gasteiger partial charge in [0.2, 0.25) is 0 Å². The Morgan fingerprint density at radius 2 is 2.28 bits per heavy atom. The Morgan fingerprint density at radius 1 is 1.56 bits per heavy atom. The highest BCUT2D eigenvalue weighted by Gasteiger charge is 2.16. The number of halogens is 1. The van der Waals surface area contributed by atoms with Crippen LogP contribution in [0.3, 0.4) is 0 Å². The van der Waals surface area contributed by atoms with Crippen LogP contribution in [0.1, 0.15) is 18.9 Å². The van der Waals surface area contributed by atoms with Crippen molar-refractivity contribution in [3.63, 3.8) is 0 Å². The van der Waals surface area contributed by atoms with E-state index in [9.17, 15) is 10.1 Å². The van der Waals surface area contributed by atoms with Crippen molar-refractivity contribution in [2.75, 3.05) is 13.1 Å². The number of rotatable bonds is 6. The summed E-state index contributed by atoms with van der Waals surface area (Å²) in [6.45, 7) is 3.85. The minimum absolute atomic E-state index is 0.111. The van der Waals surface area contributed by atoms with Gasteiger partial charge in [-0.15, -0.1) is 0 Å². The molecule has 0 aliphatic rings. The summed E-state index contributed by atoms with van der Waals surface area (Å²) >= 11 is 3.23. The summed E-state index contributed by atoms with van der Waals surface area (Å²) in [6.07, 6.45) is 0.429. The van der Waals surface area contributed by atoms with Gasteiger partial charge in [-0.3, -0.25) is 15.0 Å². The summed E-state index contributed by atoms with van der Waals surface area (Å²) < 4.78 is 0.693. The van der Waals surface area contributed by atoms with Gasteiger partial charge in [-0.05, 0) is 18.7 Å². The molecule has 0 aliphatic carbocycles. The van der Waals surface area contributed by atoms with Crippen LogP contribution in [0.5, 0.6) is 0 Å². The molecule has 0 N–H and O–H groups in total. The third kappa shape index (κ3) is 4.09. The quantitative estimate of drug-likeness (QED) is 0.598. The number of hydrogen-bond donors (Lipinski definition) is 0. The van der Waals surface area contributed by atoms with E-state index in [1.54, 1.807) is 12.1 Å². The molecule has 18 heavy (non-hydrogen) atoms. The van der Waals surface area contributed by atoms with Crippen molar-refractivity contribution in [1.29, 1.82) is 5.26 Å². The highest BCUT2D eigenvalue weighted by Crippen LogP contribution is 2.24. The van der Waals surface area contributed by atoms with Crippen LogP contribution in [-0.2, 0) is 6.54 Å². The van der Waals surface area contributed by atoms with E-state index in [1.165, 1.54) is 6.07 Å². The monoisotopic (exact) mass is 311 g/mol. The van der Waals surface area contributed by atoms with Crippen LogP contribution in [0.2, 0.25) is 0 Å². The first-order valence-electron chi connectivity index (χ1n) is 5.60. The Balaban J connectivity index is 2.88. The molecule has 0 saturated carbocycles. The van der Waals surface area contributed by atoms with Crippen LogP contribution in [0.15, 0.2) is 22.7 Å². The van der Waals surface area contributed by atoms with Crippen molar-refractivity contribution in [3.8, 4) is 6.07 Å². The van der Waals surface area contributed by atoms with E-state index in [4.69, 9.17) is 5.26 Å². The van der Waals surface area contributed by atoms with E-state index in [0.29, 0.717) is 29.5 Å². The van der Waals surface area contributed by atoms with Crippen molar-refractivity contribution in [2.24, 2.45) is 0 Å². The average molecular weight is 312 g/mol. The molecule has 0 radical (unpaired) electrons. The van der Waals surface area contributed by atoms with E-state index in [0.717, 1.165) is 6.54 Å². The van der Waals surface area contributed by atoms with Gasteiger partial charge < -0.3 is 0 Å². The summed E-state index contributed by atoms with van der Waals surface area (Å²) in [7, 11) is 0. The van der Waals surface area contributed by atoms with Gasteiger partial charge in [0.15, 0.2) is 0 Å². The third-order valence-electron chi connectivity index (χ3n) is 2.63. The Labute approximate surface area is 114 Å². The van der Waals surface area contributed by atoms with Gasteiger partial charge in [-0.25, -0.2) is 0 Å². The molecule has 0 bridgehead atoms. The fraction of sp³-hybridized carbons (Fsp3) is 0.417. The second-order valence-corrected chi connectivity index (χ2v) is 4.72. The number of benzene rings is 1. The van der Waals surface area contributed by atoms with E-state index in [1.807, 2.05) is 11.8 Å². The normalized spacial score (nSPS) is 10.3. The SMILES string of the molecule is CCN(CCC#N)Cc1ccc(Br)cc1[N+](=O)[O-]. The van der Waals surface area contributed by atoms with Gasteiger partial charge in [0, 0.05) is 35.6 Å². The lowest BCUT2D eigenvalue weighted by Crippen LogP contribution is -2.24. The maximum Gasteiger partial charge on any atom is 0.275 e. The molecule has 0 aromatic heterocycles. The molecular weight excluding hydrogens is 298 g/mol. The van der Waals surface area contributed by atoms with Gasteiger partial charge in [0.1, 0.15) is 0 Å². The molecule has 1 aromatic rings. The smallest absolute Gasteiger partial charge is 0.275 e. The number of nitriles is 1. The van der Waals surface area contributed by atoms with Crippen molar-refractivity contribution >= 4 is 21.6 Å². The molecular formula is C12H14BrN3O2. The van der Waals surface area contributed by atoms with Gasteiger partial charge in [0.05, 0.1) is 11.0 Å². The third-order valence-corrected chi connectivity index (χ3v) is 3.12. The maximum absolute atomic E-state index is 11.0. The standard InChI is InChI=1S/C12H14BrN3O2/c1-2-15(7-3-6-14)9-10-4-5-11(13)8-12(10)16(17)18/h4-5,8H,2-3,7,9H2,1H3. The van der Waals surface area contributed by atoms with Crippen LogP contribution in [0.4, 0.5) is 5.69 Å². The predicted octanol–water partition coefficient (Wildman–Crippen LogP) is 3.09. The molecule has 1 aromatic carbocycles. The minimum Gasteiger partial charge on any atom is -0.298 e. The molecule has 0 fully saturated rings. The Kier molecular flexibility index (Phi) is 5.75. The van der Waals surface area contributed by atoms with E-state index < -0.39 is 0 Å². The van der Waals surface area contributed by atoms with Crippen LogP contribution in [0, 0.1) is 21.4 Å². The zero-order chi connectivity index (χ0) is 13.5. The lowest BCUT2D eigenvalue weighted by molar-refractivity contribution is -0.385.